The van der Waals surface area contributed by atoms with Gasteiger partial charge in [-0.1, -0.05) is 12.7 Å². The number of carbonyl (C=O) groups is 2. The highest BCUT2D eigenvalue weighted by atomic mass is 16.6. The van der Waals surface area contributed by atoms with E-state index in [1.165, 1.54) is 0 Å². The summed E-state index contributed by atoms with van der Waals surface area (Å²) in [5.41, 5.74) is 1.69. The second-order valence-electron chi connectivity index (χ2n) is 8.01. The topological polar surface area (TPSA) is 87.7 Å². The Kier molecular flexibility index (Phi) is 6.34. The molecule has 1 aliphatic rings. The van der Waals surface area contributed by atoms with Gasteiger partial charge in [0.2, 0.25) is 5.95 Å². The van der Waals surface area contributed by atoms with Gasteiger partial charge in [0.25, 0.3) is 5.91 Å². The van der Waals surface area contributed by atoms with Crippen molar-refractivity contribution in [1.82, 2.24) is 19.8 Å². The highest BCUT2D eigenvalue weighted by Gasteiger charge is 2.28. The number of nitrogens with zero attached hydrogens (tertiary/aromatic N) is 4. The molecule has 0 saturated carbocycles. The van der Waals surface area contributed by atoms with Crippen LogP contribution in [0.3, 0.4) is 0 Å². The summed E-state index contributed by atoms with van der Waals surface area (Å²) in [6.45, 7) is 11.1. The standard InChI is InChI=1S/C22H27N5O3/c1-5-16-14-23-20(24-15-16)25-18-8-6-17(7-9-18)19(28)26-10-12-27(13-11-26)21(29)30-22(2,3)4/h5-9,14-15H,1,10-13H2,2-4H3,(H,23,24,25). The normalized spacial score (nSPS) is 14.2. The lowest BCUT2D eigenvalue weighted by atomic mass is 10.1. The molecule has 1 N–H and O–H groups in total. The first kappa shape index (κ1) is 21.3. The van der Waals surface area contributed by atoms with E-state index < -0.39 is 5.60 Å². The van der Waals surface area contributed by atoms with E-state index >= 15 is 0 Å². The molecule has 0 aliphatic carbocycles. The van der Waals surface area contributed by atoms with E-state index in [1.807, 2.05) is 32.9 Å². The van der Waals surface area contributed by atoms with E-state index in [-0.39, 0.29) is 12.0 Å². The highest BCUT2D eigenvalue weighted by Crippen LogP contribution is 2.17. The third-order valence-electron chi connectivity index (χ3n) is 4.51. The molecule has 0 radical (unpaired) electrons. The number of nitrogens with one attached hydrogen (secondary N) is 1. The molecule has 0 unspecified atom stereocenters. The molecular formula is C22H27N5O3. The Hall–Kier alpha value is -3.42. The maximum Gasteiger partial charge on any atom is 0.410 e. The fourth-order valence-electron chi connectivity index (χ4n) is 2.93. The molecule has 1 aliphatic heterocycles. The number of benzene rings is 1. The SMILES string of the molecule is C=Cc1cnc(Nc2ccc(C(=O)N3CCN(C(=O)OC(C)(C)C)CC3)cc2)nc1. The Labute approximate surface area is 176 Å². The summed E-state index contributed by atoms with van der Waals surface area (Å²) in [5.74, 6) is 0.412. The van der Waals surface area contributed by atoms with Gasteiger partial charge in [0.1, 0.15) is 5.60 Å². The first-order valence-corrected chi connectivity index (χ1v) is 9.84. The molecule has 2 amide bonds. The fourth-order valence-corrected chi connectivity index (χ4v) is 2.93. The van der Waals surface area contributed by atoms with Crippen LogP contribution in [-0.2, 0) is 4.74 Å². The van der Waals surface area contributed by atoms with E-state index in [4.69, 9.17) is 4.74 Å². The van der Waals surface area contributed by atoms with Crippen molar-refractivity contribution in [1.29, 1.82) is 0 Å². The molecule has 0 bridgehead atoms. The zero-order valence-electron chi connectivity index (χ0n) is 17.6. The molecule has 158 valence electrons. The van der Waals surface area contributed by atoms with Crippen LogP contribution in [0.2, 0.25) is 0 Å². The molecule has 1 aromatic heterocycles. The third kappa shape index (κ3) is 5.56. The molecule has 0 spiro atoms. The molecule has 8 heteroatoms. The molecular weight excluding hydrogens is 382 g/mol. The van der Waals surface area contributed by atoms with Crippen LogP contribution in [0.5, 0.6) is 0 Å². The number of aromatic nitrogens is 2. The number of rotatable bonds is 4. The molecule has 30 heavy (non-hydrogen) atoms. The van der Waals surface area contributed by atoms with Crippen LogP contribution in [0.25, 0.3) is 6.08 Å². The lowest BCUT2D eigenvalue weighted by Crippen LogP contribution is -2.51. The molecule has 1 fully saturated rings. The van der Waals surface area contributed by atoms with Crippen LogP contribution in [0, 0.1) is 0 Å². The minimum Gasteiger partial charge on any atom is -0.444 e. The molecule has 0 atom stereocenters. The number of ether oxygens (including phenoxy) is 1. The minimum absolute atomic E-state index is 0.0584. The van der Waals surface area contributed by atoms with Crippen molar-refractivity contribution in [2.75, 3.05) is 31.5 Å². The van der Waals surface area contributed by atoms with Crippen molar-refractivity contribution in [3.05, 3.63) is 54.4 Å². The van der Waals surface area contributed by atoms with E-state index in [2.05, 4.69) is 21.9 Å². The second-order valence-corrected chi connectivity index (χ2v) is 8.01. The van der Waals surface area contributed by atoms with Crippen molar-refractivity contribution in [3.8, 4) is 0 Å². The number of hydrogen-bond donors (Lipinski definition) is 1. The van der Waals surface area contributed by atoms with E-state index in [0.29, 0.717) is 37.7 Å². The lowest BCUT2D eigenvalue weighted by molar-refractivity contribution is 0.0141. The highest BCUT2D eigenvalue weighted by molar-refractivity contribution is 5.94. The van der Waals surface area contributed by atoms with Crippen LogP contribution >= 0.6 is 0 Å². The molecule has 1 saturated heterocycles. The van der Waals surface area contributed by atoms with Gasteiger partial charge in [0.15, 0.2) is 0 Å². The predicted octanol–water partition coefficient (Wildman–Crippen LogP) is 3.56. The zero-order valence-corrected chi connectivity index (χ0v) is 17.6. The van der Waals surface area contributed by atoms with Gasteiger partial charge in [0.05, 0.1) is 0 Å². The van der Waals surface area contributed by atoms with Gasteiger partial charge in [-0.25, -0.2) is 14.8 Å². The molecule has 2 aromatic rings. The first-order valence-electron chi connectivity index (χ1n) is 9.84. The van der Waals surface area contributed by atoms with E-state index in [0.717, 1.165) is 11.3 Å². The monoisotopic (exact) mass is 409 g/mol. The van der Waals surface area contributed by atoms with Crippen molar-refractivity contribution in [3.63, 3.8) is 0 Å². The van der Waals surface area contributed by atoms with Crippen LogP contribution in [-0.4, -0.2) is 63.5 Å². The average molecular weight is 409 g/mol. The Bertz CT molecular complexity index is 896. The van der Waals surface area contributed by atoms with Crippen LogP contribution in [0.1, 0.15) is 36.7 Å². The van der Waals surface area contributed by atoms with Gasteiger partial charge in [-0.15, -0.1) is 0 Å². The number of anilines is 2. The summed E-state index contributed by atoms with van der Waals surface area (Å²) >= 11 is 0. The number of carbonyl (C=O) groups excluding carboxylic acids is 2. The van der Waals surface area contributed by atoms with Gasteiger partial charge < -0.3 is 19.9 Å². The van der Waals surface area contributed by atoms with Gasteiger partial charge in [-0.3, -0.25) is 4.79 Å². The van der Waals surface area contributed by atoms with Crippen molar-refractivity contribution < 1.29 is 14.3 Å². The molecule has 2 heterocycles. The van der Waals surface area contributed by atoms with Crippen molar-refractivity contribution in [2.24, 2.45) is 0 Å². The van der Waals surface area contributed by atoms with Crippen molar-refractivity contribution >= 4 is 29.7 Å². The summed E-state index contributed by atoms with van der Waals surface area (Å²) in [7, 11) is 0. The average Bonchev–Trinajstić information content (AvgIpc) is 2.73. The third-order valence-corrected chi connectivity index (χ3v) is 4.51. The van der Waals surface area contributed by atoms with Crippen LogP contribution in [0.4, 0.5) is 16.4 Å². The Morgan fingerprint density at radius 2 is 1.60 bits per heavy atom. The largest absolute Gasteiger partial charge is 0.444 e. The maximum absolute atomic E-state index is 12.8. The Morgan fingerprint density at radius 1 is 1.03 bits per heavy atom. The molecule has 1 aromatic carbocycles. The Balaban J connectivity index is 1.54. The number of hydrogen-bond acceptors (Lipinski definition) is 6. The van der Waals surface area contributed by atoms with Gasteiger partial charge in [0, 0.05) is 55.4 Å². The first-order chi connectivity index (χ1) is 14.2. The smallest absolute Gasteiger partial charge is 0.410 e. The second kappa shape index (κ2) is 8.94. The van der Waals surface area contributed by atoms with Crippen LogP contribution < -0.4 is 5.32 Å². The van der Waals surface area contributed by atoms with Gasteiger partial charge >= 0.3 is 6.09 Å². The van der Waals surface area contributed by atoms with Crippen molar-refractivity contribution in [2.45, 2.75) is 26.4 Å². The number of amides is 2. The summed E-state index contributed by atoms with van der Waals surface area (Å²) in [5, 5.41) is 3.10. The molecule has 8 nitrogen and oxygen atoms in total. The fraction of sp³-hybridized carbons (Fsp3) is 0.364. The lowest BCUT2D eigenvalue weighted by Gasteiger charge is -2.35. The van der Waals surface area contributed by atoms with Gasteiger partial charge in [-0.2, -0.15) is 0 Å². The zero-order chi connectivity index (χ0) is 21.7. The summed E-state index contributed by atoms with van der Waals surface area (Å²) in [6.07, 6.45) is 4.69. The Morgan fingerprint density at radius 3 is 2.13 bits per heavy atom. The van der Waals surface area contributed by atoms with Gasteiger partial charge in [-0.05, 0) is 45.0 Å². The predicted molar refractivity (Wildman–Crippen MR) is 116 cm³/mol. The van der Waals surface area contributed by atoms with Crippen LogP contribution in [0.15, 0.2) is 43.2 Å². The van der Waals surface area contributed by atoms with E-state index in [1.54, 1.807) is 40.4 Å². The summed E-state index contributed by atoms with van der Waals surface area (Å²) < 4.78 is 5.39. The van der Waals surface area contributed by atoms with E-state index in [9.17, 15) is 9.59 Å². The summed E-state index contributed by atoms with van der Waals surface area (Å²) in [4.78, 5) is 36.7. The minimum atomic E-state index is -0.529. The maximum atomic E-state index is 12.8. The quantitative estimate of drug-likeness (QED) is 0.831. The summed E-state index contributed by atoms with van der Waals surface area (Å²) in [6, 6.07) is 7.16. The molecule has 3 rings (SSSR count). The number of piperazine rings is 1.